The second-order valence-corrected chi connectivity index (χ2v) is 14.5. The van der Waals surface area contributed by atoms with Crippen LogP contribution >= 0.6 is 0 Å². The second-order valence-electron chi connectivity index (χ2n) is 14.5. The number of hydrogen-bond acceptors (Lipinski definition) is 0. The first-order chi connectivity index (χ1) is 14.8. The van der Waals surface area contributed by atoms with E-state index in [1.807, 2.05) is 11.1 Å². The van der Waals surface area contributed by atoms with E-state index in [2.05, 4.69) is 68.9 Å². The van der Waals surface area contributed by atoms with Gasteiger partial charge in [0.1, 0.15) is 0 Å². The third kappa shape index (κ3) is 3.35. The highest BCUT2D eigenvalue weighted by atomic mass is 14.7. The van der Waals surface area contributed by atoms with Crippen molar-refractivity contribution in [3.05, 3.63) is 23.3 Å². The Bertz CT molecular complexity index is 780. The summed E-state index contributed by atoms with van der Waals surface area (Å²) in [5.74, 6) is 4.08. The van der Waals surface area contributed by atoms with E-state index >= 15 is 0 Å². The fraction of sp³-hybridized carbons (Fsp3) is 0.875. The maximum absolute atomic E-state index is 4.37. The number of hydrogen-bond donors (Lipinski definition) is 0. The first-order valence-corrected chi connectivity index (χ1v) is 14.2. The molecule has 0 saturated heterocycles. The topological polar surface area (TPSA) is 0 Å². The minimum Gasteiger partial charge on any atom is -0.0996 e. The summed E-state index contributed by atoms with van der Waals surface area (Å²) >= 11 is 0. The van der Waals surface area contributed by atoms with Crippen molar-refractivity contribution in [2.24, 2.45) is 51.2 Å². The molecular formula is C32H54. The van der Waals surface area contributed by atoms with Crippen LogP contribution in [0.25, 0.3) is 0 Å². The zero-order chi connectivity index (χ0) is 23.7. The quantitative estimate of drug-likeness (QED) is 0.374. The Morgan fingerprint density at radius 3 is 2.25 bits per heavy atom. The van der Waals surface area contributed by atoms with E-state index in [1.165, 1.54) is 69.8 Å². The van der Waals surface area contributed by atoms with E-state index in [9.17, 15) is 0 Å². The lowest BCUT2D eigenvalue weighted by Gasteiger charge is -2.62. The molecule has 4 rings (SSSR count). The van der Waals surface area contributed by atoms with E-state index in [1.54, 1.807) is 0 Å². The first kappa shape index (κ1) is 24.6. The molecule has 7 unspecified atom stereocenters. The van der Waals surface area contributed by atoms with Crippen molar-refractivity contribution >= 4 is 0 Å². The highest BCUT2D eigenvalue weighted by molar-refractivity contribution is 5.38. The molecule has 7 atom stereocenters. The smallest absolute Gasteiger partial charge is 0.00568 e. The van der Waals surface area contributed by atoms with Crippen LogP contribution in [0.2, 0.25) is 0 Å². The van der Waals surface area contributed by atoms with Gasteiger partial charge in [0.25, 0.3) is 0 Å². The Balaban J connectivity index is 1.62. The third-order valence-electron chi connectivity index (χ3n) is 12.8. The maximum atomic E-state index is 4.37. The summed E-state index contributed by atoms with van der Waals surface area (Å²) in [6.45, 7) is 27.4. The van der Waals surface area contributed by atoms with Gasteiger partial charge in [-0.15, -0.1) is 0 Å². The van der Waals surface area contributed by atoms with Crippen molar-refractivity contribution in [2.45, 2.75) is 127 Å². The van der Waals surface area contributed by atoms with Crippen LogP contribution in [-0.4, -0.2) is 0 Å². The summed E-state index contributed by atoms with van der Waals surface area (Å²) < 4.78 is 0. The van der Waals surface area contributed by atoms with E-state index < -0.39 is 0 Å². The molecule has 2 fully saturated rings. The third-order valence-corrected chi connectivity index (χ3v) is 12.8. The fourth-order valence-electron chi connectivity index (χ4n) is 9.72. The van der Waals surface area contributed by atoms with Gasteiger partial charge in [-0.3, -0.25) is 0 Å². The van der Waals surface area contributed by atoms with Crippen molar-refractivity contribution in [1.29, 1.82) is 0 Å². The molecule has 182 valence electrons. The lowest BCUT2D eigenvalue weighted by Crippen LogP contribution is -2.53. The van der Waals surface area contributed by atoms with Crippen molar-refractivity contribution in [1.82, 2.24) is 0 Å². The largest absolute Gasteiger partial charge is 0.0996 e. The molecule has 32 heavy (non-hydrogen) atoms. The molecule has 0 spiro atoms. The number of fused-ring (bicyclic) bond motifs is 4. The normalized spacial score (nSPS) is 44.1. The molecule has 0 aromatic carbocycles. The molecule has 0 aromatic rings. The molecule has 0 aliphatic heterocycles. The van der Waals surface area contributed by atoms with Gasteiger partial charge in [0.2, 0.25) is 0 Å². The van der Waals surface area contributed by atoms with Gasteiger partial charge in [0.05, 0.1) is 0 Å². The Morgan fingerprint density at radius 2 is 1.59 bits per heavy atom. The van der Waals surface area contributed by atoms with E-state index in [-0.39, 0.29) is 0 Å². The zero-order valence-electron chi connectivity index (χ0n) is 23.2. The molecular weight excluding hydrogens is 384 g/mol. The van der Waals surface area contributed by atoms with E-state index in [0.29, 0.717) is 27.6 Å². The van der Waals surface area contributed by atoms with Crippen LogP contribution in [0.5, 0.6) is 0 Å². The fourth-order valence-corrected chi connectivity index (χ4v) is 9.72. The number of allylic oxidation sites excluding steroid dienone is 3. The lowest BCUT2D eigenvalue weighted by atomic mass is 9.42. The summed E-state index contributed by atoms with van der Waals surface area (Å²) in [6.07, 6.45) is 14.0. The maximum Gasteiger partial charge on any atom is -0.00568 e. The monoisotopic (exact) mass is 438 g/mol. The highest BCUT2D eigenvalue weighted by Crippen LogP contribution is 2.72. The predicted octanol–water partition coefficient (Wildman–Crippen LogP) is 10.0. The lowest BCUT2D eigenvalue weighted by molar-refractivity contribution is -0.0482. The summed E-state index contributed by atoms with van der Waals surface area (Å²) in [7, 11) is 0. The summed E-state index contributed by atoms with van der Waals surface area (Å²) in [4.78, 5) is 0. The van der Waals surface area contributed by atoms with Crippen molar-refractivity contribution in [3.63, 3.8) is 0 Å². The average molecular weight is 439 g/mol. The van der Waals surface area contributed by atoms with Crippen LogP contribution in [-0.2, 0) is 0 Å². The van der Waals surface area contributed by atoms with Crippen molar-refractivity contribution in [2.75, 3.05) is 0 Å². The predicted molar refractivity (Wildman–Crippen MR) is 141 cm³/mol. The van der Waals surface area contributed by atoms with Crippen molar-refractivity contribution in [3.8, 4) is 0 Å². The SMILES string of the molecule is C=C(CCC(C)C1CCC2(C)C3=C(CCC12C)C1(C)CCC(C)C(C)(C)C1CC3)C(C)C. The van der Waals surface area contributed by atoms with Crippen LogP contribution in [0, 0.1) is 51.2 Å². The van der Waals surface area contributed by atoms with Gasteiger partial charge in [-0.1, -0.05) is 85.6 Å². The van der Waals surface area contributed by atoms with Gasteiger partial charge in [-0.05, 0) is 115 Å². The molecule has 0 heterocycles. The summed E-state index contributed by atoms with van der Waals surface area (Å²) in [6, 6.07) is 0. The van der Waals surface area contributed by atoms with Gasteiger partial charge < -0.3 is 0 Å². The average Bonchev–Trinajstić information content (AvgIpc) is 3.00. The minimum absolute atomic E-state index is 0.440. The van der Waals surface area contributed by atoms with Gasteiger partial charge in [0, 0.05) is 0 Å². The molecule has 0 radical (unpaired) electrons. The Hall–Kier alpha value is -0.520. The van der Waals surface area contributed by atoms with E-state index in [4.69, 9.17) is 0 Å². The Labute approximate surface area is 201 Å². The molecule has 0 nitrogen and oxygen atoms in total. The Morgan fingerprint density at radius 1 is 0.906 bits per heavy atom. The second kappa shape index (κ2) is 8.02. The van der Waals surface area contributed by atoms with Gasteiger partial charge in [-0.25, -0.2) is 0 Å². The van der Waals surface area contributed by atoms with Crippen LogP contribution in [0.1, 0.15) is 127 Å². The molecule has 0 aromatic heterocycles. The first-order valence-electron chi connectivity index (χ1n) is 14.2. The zero-order valence-corrected chi connectivity index (χ0v) is 23.2. The van der Waals surface area contributed by atoms with Crippen molar-refractivity contribution < 1.29 is 0 Å². The molecule has 0 heteroatoms. The standard InChI is InChI=1S/C32H54/c1-21(2)22(3)11-12-23(4)25-16-19-32(10)27-13-14-28-29(6,7)24(5)15-18-30(28,8)26(27)17-20-31(25,32)9/h21,23-25,28H,3,11-20H2,1-2,4-10H3. The molecule has 0 N–H and O–H groups in total. The molecule has 4 aliphatic rings. The van der Waals surface area contributed by atoms with Crippen LogP contribution < -0.4 is 0 Å². The summed E-state index contributed by atoms with van der Waals surface area (Å²) in [5.41, 5.74) is 7.25. The Kier molecular flexibility index (Phi) is 6.16. The molecule has 4 aliphatic carbocycles. The molecule has 0 bridgehead atoms. The van der Waals surface area contributed by atoms with E-state index in [0.717, 1.165) is 23.7 Å². The number of rotatable bonds is 5. The van der Waals surface area contributed by atoms with Gasteiger partial charge in [0.15, 0.2) is 0 Å². The molecule has 0 amide bonds. The van der Waals surface area contributed by atoms with Gasteiger partial charge in [-0.2, -0.15) is 0 Å². The minimum atomic E-state index is 0.440. The van der Waals surface area contributed by atoms with Crippen LogP contribution in [0.3, 0.4) is 0 Å². The summed E-state index contributed by atoms with van der Waals surface area (Å²) in [5, 5.41) is 0. The van der Waals surface area contributed by atoms with Crippen LogP contribution in [0.15, 0.2) is 23.3 Å². The van der Waals surface area contributed by atoms with Gasteiger partial charge >= 0.3 is 0 Å². The molecule has 2 saturated carbocycles. The van der Waals surface area contributed by atoms with Crippen LogP contribution in [0.4, 0.5) is 0 Å². The highest BCUT2D eigenvalue weighted by Gasteiger charge is 2.62.